The van der Waals surface area contributed by atoms with Gasteiger partial charge in [0.2, 0.25) is 0 Å². The maximum atomic E-state index is 15.8. The van der Waals surface area contributed by atoms with Gasteiger partial charge < -0.3 is 28.8 Å². The van der Waals surface area contributed by atoms with Crippen LogP contribution in [0.1, 0.15) is 79.4 Å². The first-order valence-corrected chi connectivity index (χ1v) is 15.2. The van der Waals surface area contributed by atoms with E-state index in [0.717, 1.165) is 11.3 Å². The predicted molar refractivity (Wildman–Crippen MR) is 162 cm³/mol. The lowest BCUT2D eigenvalue weighted by atomic mass is 10.0. The SMILES string of the molecule is CCOC(=O)CCC(=O)c1cc2cc(OC)c(C(O)CCOc3c(OC)cc4c(c3F)CN(C(=O)OC(C)(C)C)C4)c(F)c2s1. The summed E-state index contributed by atoms with van der Waals surface area (Å²) < 4.78 is 58.2. The second-order valence-electron chi connectivity index (χ2n) is 11.4. The van der Waals surface area contributed by atoms with E-state index >= 15 is 8.78 Å². The van der Waals surface area contributed by atoms with E-state index < -0.39 is 35.4 Å². The number of methoxy groups -OCH3 is 2. The number of carbonyl (C=O) groups excluding carboxylic acids is 3. The Morgan fingerprint density at radius 2 is 1.73 bits per heavy atom. The summed E-state index contributed by atoms with van der Waals surface area (Å²) in [4.78, 5) is 38.5. The largest absolute Gasteiger partial charge is 0.496 e. The fraction of sp³-hybridized carbons (Fsp3) is 0.469. The molecule has 244 valence electrons. The lowest BCUT2D eigenvalue weighted by molar-refractivity contribution is -0.143. The van der Waals surface area contributed by atoms with E-state index in [-0.39, 0.29) is 89.3 Å². The standard InChI is InChI=1S/C32H37F2NO9S/c1-7-42-25(38)9-8-20(36)24-14-17-12-22(40-5)26(28(34)30(17)45-24)21(37)10-11-43-29-23(41-6)13-18-15-35(16-19(18)27(29)33)31(39)44-32(2,3)4/h12-14,21,37H,7-11,15-16H2,1-6H3. The van der Waals surface area contributed by atoms with E-state index in [9.17, 15) is 19.5 Å². The van der Waals surface area contributed by atoms with E-state index in [4.69, 9.17) is 23.7 Å². The van der Waals surface area contributed by atoms with Crippen LogP contribution < -0.4 is 14.2 Å². The van der Waals surface area contributed by atoms with Gasteiger partial charge in [0.05, 0.1) is 61.6 Å². The van der Waals surface area contributed by atoms with Gasteiger partial charge in [-0.25, -0.2) is 13.6 Å². The molecule has 0 aliphatic carbocycles. The highest BCUT2D eigenvalue weighted by atomic mass is 32.1. The molecule has 1 amide bonds. The summed E-state index contributed by atoms with van der Waals surface area (Å²) in [5.41, 5.74) is -0.0215. The maximum Gasteiger partial charge on any atom is 0.410 e. The molecule has 1 unspecified atom stereocenters. The van der Waals surface area contributed by atoms with Crippen molar-refractivity contribution in [1.82, 2.24) is 4.90 Å². The van der Waals surface area contributed by atoms with Crippen molar-refractivity contribution in [3.63, 3.8) is 0 Å². The zero-order chi connectivity index (χ0) is 33.1. The van der Waals surface area contributed by atoms with Crippen molar-refractivity contribution in [2.75, 3.05) is 27.4 Å². The number of hydrogen-bond acceptors (Lipinski definition) is 10. The minimum Gasteiger partial charge on any atom is -0.496 e. The molecule has 1 aromatic heterocycles. The molecule has 0 saturated carbocycles. The molecule has 1 aliphatic rings. The average Bonchev–Trinajstić information content (AvgIpc) is 3.61. The third-order valence-corrected chi connectivity index (χ3v) is 8.22. The number of nitrogens with zero attached hydrogens (tertiary/aromatic N) is 1. The predicted octanol–water partition coefficient (Wildman–Crippen LogP) is 6.48. The first kappa shape index (κ1) is 33.9. The Labute approximate surface area is 263 Å². The van der Waals surface area contributed by atoms with Crippen molar-refractivity contribution in [3.8, 4) is 17.2 Å². The van der Waals surface area contributed by atoms with E-state index in [1.54, 1.807) is 33.8 Å². The van der Waals surface area contributed by atoms with Crippen LogP contribution in [0.3, 0.4) is 0 Å². The number of benzene rings is 2. The summed E-state index contributed by atoms with van der Waals surface area (Å²) in [5.74, 6) is -2.30. The van der Waals surface area contributed by atoms with Crippen LogP contribution in [-0.4, -0.2) is 60.9 Å². The molecular formula is C32H37F2NO9S. The summed E-state index contributed by atoms with van der Waals surface area (Å²) in [5, 5.41) is 11.4. The summed E-state index contributed by atoms with van der Waals surface area (Å²) in [7, 11) is 2.69. The summed E-state index contributed by atoms with van der Waals surface area (Å²) >= 11 is 0.914. The van der Waals surface area contributed by atoms with Gasteiger partial charge in [-0.1, -0.05) is 0 Å². The number of aliphatic hydroxyl groups excluding tert-OH is 1. The third-order valence-electron chi connectivity index (χ3n) is 7.04. The van der Waals surface area contributed by atoms with Crippen molar-refractivity contribution >= 4 is 39.3 Å². The number of halogens is 2. The fourth-order valence-corrected chi connectivity index (χ4v) is 6.00. The molecule has 2 aromatic carbocycles. The van der Waals surface area contributed by atoms with Gasteiger partial charge in [-0.15, -0.1) is 11.3 Å². The average molecular weight is 650 g/mol. The Bertz CT molecular complexity index is 1600. The van der Waals surface area contributed by atoms with Crippen molar-refractivity contribution in [2.45, 2.75) is 71.8 Å². The second-order valence-corrected chi connectivity index (χ2v) is 12.5. The Morgan fingerprint density at radius 1 is 1.02 bits per heavy atom. The molecular weight excluding hydrogens is 612 g/mol. The number of ether oxygens (including phenoxy) is 5. The zero-order valence-electron chi connectivity index (χ0n) is 26.1. The maximum absolute atomic E-state index is 15.8. The molecule has 1 atom stereocenters. The number of hydrogen-bond donors (Lipinski definition) is 1. The van der Waals surface area contributed by atoms with E-state index in [2.05, 4.69) is 0 Å². The number of esters is 1. The van der Waals surface area contributed by atoms with Gasteiger partial charge in [0.15, 0.2) is 28.9 Å². The molecule has 1 N–H and O–H groups in total. The molecule has 4 rings (SSSR count). The van der Waals surface area contributed by atoms with Gasteiger partial charge in [-0.2, -0.15) is 0 Å². The summed E-state index contributed by atoms with van der Waals surface area (Å²) in [6.07, 6.45) is -2.29. The quantitative estimate of drug-likeness (QED) is 0.174. The molecule has 0 bridgehead atoms. The van der Waals surface area contributed by atoms with Crippen molar-refractivity contribution in [2.24, 2.45) is 0 Å². The van der Waals surface area contributed by atoms with Crippen LogP contribution in [0.2, 0.25) is 0 Å². The smallest absolute Gasteiger partial charge is 0.410 e. The van der Waals surface area contributed by atoms with Gasteiger partial charge in [-0.05, 0) is 56.8 Å². The summed E-state index contributed by atoms with van der Waals surface area (Å²) in [6, 6.07) is 4.63. The van der Waals surface area contributed by atoms with Crippen LogP contribution in [-0.2, 0) is 27.4 Å². The molecule has 1 aliphatic heterocycles. The Morgan fingerprint density at radius 3 is 2.38 bits per heavy atom. The third kappa shape index (κ3) is 7.64. The first-order valence-electron chi connectivity index (χ1n) is 14.4. The highest BCUT2D eigenvalue weighted by molar-refractivity contribution is 7.20. The molecule has 45 heavy (non-hydrogen) atoms. The fourth-order valence-electron chi connectivity index (χ4n) is 4.94. The molecule has 0 radical (unpaired) electrons. The van der Waals surface area contributed by atoms with Crippen LogP contribution in [0.4, 0.5) is 13.6 Å². The molecule has 0 spiro atoms. The van der Waals surface area contributed by atoms with Gasteiger partial charge in [0, 0.05) is 24.9 Å². The van der Waals surface area contributed by atoms with Gasteiger partial charge in [0.1, 0.15) is 11.4 Å². The molecule has 2 heterocycles. The number of carbonyl (C=O) groups is 3. The van der Waals surface area contributed by atoms with Crippen LogP contribution in [0.15, 0.2) is 18.2 Å². The minimum absolute atomic E-state index is 0.0182. The van der Waals surface area contributed by atoms with E-state index in [1.165, 1.54) is 31.3 Å². The number of aliphatic hydroxyl groups is 1. The number of rotatable bonds is 12. The van der Waals surface area contributed by atoms with Crippen molar-refractivity contribution in [1.29, 1.82) is 0 Å². The molecule has 0 saturated heterocycles. The Hall–Kier alpha value is -3.97. The second kappa shape index (κ2) is 14.0. The number of fused-ring (bicyclic) bond motifs is 2. The van der Waals surface area contributed by atoms with Crippen molar-refractivity contribution < 1.29 is 52.0 Å². The summed E-state index contributed by atoms with van der Waals surface area (Å²) in [6.45, 7) is 7.01. The lowest BCUT2D eigenvalue weighted by Crippen LogP contribution is -2.33. The molecule has 3 aromatic rings. The number of Topliss-reactive ketones (excluding diaryl/α,β-unsaturated/α-hetero) is 1. The lowest BCUT2D eigenvalue weighted by Gasteiger charge is -2.24. The number of thiophene rings is 1. The minimum atomic E-state index is -1.40. The monoisotopic (exact) mass is 649 g/mol. The zero-order valence-corrected chi connectivity index (χ0v) is 26.9. The first-order chi connectivity index (χ1) is 21.3. The van der Waals surface area contributed by atoms with Gasteiger partial charge in [0.25, 0.3) is 0 Å². The van der Waals surface area contributed by atoms with Gasteiger partial charge >= 0.3 is 12.1 Å². The number of ketones is 1. The normalized spacial score (nSPS) is 13.4. The molecule has 0 fully saturated rings. The Balaban J connectivity index is 1.48. The van der Waals surface area contributed by atoms with Crippen LogP contribution >= 0.6 is 11.3 Å². The topological polar surface area (TPSA) is 121 Å². The van der Waals surface area contributed by atoms with Crippen LogP contribution in [0.5, 0.6) is 17.2 Å². The Kier molecular flexibility index (Phi) is 10.5. The van der Waals surface area contributed by atoms with E-state index in [0.29, 0.717) is 10.9 Å². The highest BCUT2D eigenvalue weighted by Crippen LogP contribution is 2.41. The van der Waals surface area contributed by atoms with E-state index in [1.807, 2.05) is 0 Å². The van der Waals surface area contributed by atoms with Crippen LogP contribution in [0, 0.1) is 11.6 Å². The van der Waals surface area contributed by atoms with Gasteiger partial charge in [-0.3, -0.25) is 14.5 Å². The molecule has 10 nitrogen and oxygen atoms in total. The highest BCUT2D eigenvalue weighted by Gasteiger charge is 2.33. The van der Waals surface area contributed by atoms with Crippen molar-refractivity contribution in [3.05, 3.63) is 51.4 Å². The number of amides is 1. The van der Waals surface area contributed by atoms with Crippen LogP contribution in [0.25, 0.3) is 10.1 Å². The molecule has 13 heteroatoms.